The van der Waals surface area contributed by atoms with E-state index in [9.17, 15) is 14.7 Å². The zero-order valence-electron chi connectivity index (χ0n) is 20.2. The minimum absolute atomic E-state index is 0.00686. The molecule has 0 spiro atoms. The van der Waals surface area contributed by atoms with Gasteiger partial charge in [0.15, 0.2) is 10.8 Å². The number of nitrogens with zero attached hydrogens (tertiary/aromatic N) is 4. The van der Waals surface area contributed by atoms with Crippen molar-refractivity contribution in [2.75, 3.05) is 18.0 Å². The first-order valence-electron chi connectivity index (χ1n) is 12.1. The Kier molecular flexibility index (Phi) is 8.03. The van der Waals surface area contributed by atoms with Gasteiger partial charge >= 0.3 is 5.97 Å². The first-order chi connectivity index (χ1) is 16.8. The molecule has 2 aromatic heterocycles. The summed E-state index contributed by atoms with van der Waals surface area (Å²) in [7, 11) is 0. The van der Waals surface area contributed by atoms with Crippen LogP contribution in [-0.2, 0) is 4.79 Å². The molecule has 1 saturated heterocycles. The van der Waals surface area contributed by atoms with E-state index in [4.69, 9.17) is 11.6 Å². The number of hydrogen-bond donors (Lipinski definition) is 3. The SMILES string of the molecule is CCC1=C(Cl)N=C(C(=O)N[C@@H]2CCN(c3nc4nccc(C(=O)O)c4s3)C[C@@H]2NC(CC)CC)C1. The van der Waals surface area contributed by atoms with E-state index in [1.54, 1.807) is 0 Å². The van der Waals surface area contributed by atoms with Crippen LogP contribution in [0.5, 0.6) is 0 Å². The molecule has 188 valence electrons. The monoisotopic (exact) mass is 518 g/mol. The Morgan fingerprint density at radius 2 is 2.06 bits per heavy atom. The van der Waals surface area contributed by atoms with Crippen LogP contribution in [0.3, 0.4) is 0 Å². The minimum atomic E-state index is -0.988. The third-order valence-corrected chi connectivity index (χ3v) is 8.23. The number of aromatic nitrogens is 2. The molecular weight excluding hydrogens is 488 g/mol. The number of halogens is 1. The van der Waals surface area contributed by atoms with E-state index in [0.29, 0.717) is 53.2 Å². The molecule has 0 unspecified atom stereocenters. The summed E-state index contributed by atoms with van der Waals surface area (Å²) in [5.41, 5.74) is 2.11. The molecule has 0 radical (unpaired) electrons. The predicted octanol–water partition coefficient (Wildman–Crippen LogP) is 3.94. The summed E-state index contributed by atoms with van der Waals surface area (Å²) < 4.78 is 0.574. The van der Waals surface area contributed by atoms with Crippen molar-refractivity contribution in [3.8, 4) is 0 Å². The van der Waals surface area contributed by atoms with Gasteiger partial charge in [-0.2, -0.15) is 4.98 Å². The molecule has 9 nitrogen and oxygen atoms in total. The van der Waals surface area contributed by atoms with Crippen LogP contribution in [-0.4, -0.2) is 63.9 Å². The molecule has 11 heteroatoms. The zero-order chi connectivity index (χ0) is 25.1. The highest BCUT2D eigenvalue weighted by Gasteiger charge is 2.34. The second kappa shape index (κ2) is 11.0. The molecule has 0 saturated carbocycles. The number of fused-ring (bicyclic) bond motifs is 1. The highest BCUT2D eigenvalue weighted by atomic mass is 35.5. The van der Waals surface area contributed by atoms with Gasteiger partial charge in [-0.25, -0.2) is 14.8 Å². The van der Waals surface area contributed by atoms with Crippen molar-refractivity contribution in [2.24, 2.45) is 4.99 Å². The van der Waals surface area contributed by atoms with E-state index in [1.807, 2.05) is 6.92 Å². The number of rotatable bonds is 9. The van der Waals surface area contributed by atoms with E-state index in [2.05, 4.69) is 44.3 Å². The molecule has 0 bridgehead atoms. The van der Waals surface area contributed by atoms with Crippen molar-refractivity contribution in [3.63, 3.8) is 0 Å². The first kappa shape index (κ1) is 25.5. The highest BCUT2D eigenvalue weighted by Crippen LogP contribution is 2.32. The number of carboxylic acids is 1. The molecule has 1 amide bonds. The third-order valence-electron chi connectivity index (χ3n) is 6.74. The second-order valence-corrected chi connectivity index (χ2v) is 10.2. The number of allylic oxidation sites excluding steroid dienone is 1. The molecule has 4 rings (SSSR count). The predicted molar refractivity (Wildman–Crippen MR) is 140 cm³/mol. The number of carboxylic acid groups (broad SMARTS) is 1. The Morgan fingerprint density at radius 1 is 1.29 bits per heavy atom. The summed E-state index contributed by atoms with van der Waals surface area (Å²) in [6.07, 6.45) is 5.42. The summed E-state index contributed by atoms with van der Waals surface area (Å²) in [6.45, 7) is 7.62. The largest absolute Gasteiger partial charge is 0.478 e. The van der Waals surface area contributed by atoms with Crippen LogP contribution in [0, 0.1) is 0 Å². The Labute approximate surface area is 213 Å². The Morgan fingerprint density at radius 3 is 2.71 bits per heavy atom. The third kappa shape index (κ3) is 5.49. The molecule has 35 heavy (non-hydrogen) atoms. The van der Waals surface area contributed by atoms with Gasteiger partial charge < -0.3 is 20.6 Å². The normalized spacial score (nSPS) is 20.6. The maximum absolute atomic E-state index is 13.0. The molecule has 1 fully saturated rings. The fourth-order valence-electron chi connectivity index (χ4n) is 4.59. The van der Waals surface area contributed by atoms with Gasteiger partial charge in [0.05, 0.1) is 10.3 Å². The van der Waals surface area contributed by atoms with E-state index in [-0.39, 0.29) is 23.6 Å². The lowest BCUT2D eigenvalue weighted by Crippen LogP contribution is -2.61. The summed E-state index contributed by atoms with van der Waals surface area (Å²) in [4.78, 5) is 40.0. The molecule has 0 aromatic carbocycles. The topological polar surface area (TPSA) is 120 Å². The quantitative estimate of drug-likeness (QED) is 0.430. The Hall–Kier alpha value is -2.56. The van der Waals surface area contributed by atoms with Crippen LogP contribution in [0.4, 0.5) is 5.13 Å². The fraction of sp³-hybridized carbons (Fsp3) is 0.542. The van der Waals surface area contributed by atoms with Gasteiger partial charge in [-0.05, 0) is 37.3 Å². The summed E-state index contributed by atoms with van der Waals surface area (Å²) in [6, 6.07) is 1.74. The van der Waals surface area contributed by atoms with Crippen molar-refractivity contribution in [3.05, 3.63) is 28.6 Å². The van der Waals surface area contributed by atoms with Crippen LogP contribution in [0.15, 0.2) is 28.0 Å². The van der Waals surface area contributed by atoms with Gasteiger partial charge in [-0.1, -0.05) is 43.7 Å². The Balaban J connectivity index is 1.52. The second-order valence-electron chi connectivity index (χ2n) is 8.90. The average Bonchev–Trinajstić information content (AvgIpc) is 3.46. The number of hydrogen-bond acceptors (Lipinski definition) is 8. The van der Waals surface area contributed by atoms with Crippen molar-refractivity contribution in [1.82, 2.24) is 20.6 Å². The lowest BCUT2D eigenvalue weighted by Gasteiger charge is -2.40. The lowest BCUT2D eigenvalue weighted by molar-refractivity contribution is -0.115. The number of aromatic carboxylic acids is 1. The zero-order valence-corrected chi connectivity index (χ0v) is 21.7. The number of pyridine rings is 1. The molecule has 4 heterocycles. The maximum Gasteiger partial charge on any atom is 0.337 e. The maximum atomic E-state index is 13.0. The average molecular weight is 519 g/mol. The van der Waals surface area contributed by atoms with Gasteiger partial charge in [0.1, 0.15) is 10.9 Å². The van der Waals surface area contributed by atoms with Gasteiger partial charge in [0.25, 0.3) is 5.91 Å². The van der Waals surface area contributed by atoms with Crippen molar-refractivity contribution in [1.29, 1.82) is 0 Å². The van der Waals surface area contributed by atoms with Crippen LogP contribution < -0.4 is 15.5 Å². The standard InChI is InChI=1S/C24H31ClN6O3S/c1-4-13-11-17(28-20(13)25)22(32)29-16-8-10-31(12-18(16)27-14(5-2)6-3)24-30-21-19(35-24)15(23(33)34)7-9-26-21/h7,9,14,16,18,27H,4-6,8,10-12H2,1-3H3,(H,29,32)(H,33,34)/t16-,18+/m1/s1. The first-order valence-corrected chi connectivity index (χ1v) is 13.3. The van der Waals surface area contributed by atoms with Crippen molar-refractivity contribution >= 4 is 56.0 Å². The van der Waals surface area contributed by atoms with Gasteiger partial charge in [0, 0.05) is 43.8 Å². The van der Waals surface area contributed by atoms with E-state index in [0.717, 1.165) is 30.0 Å². The molecule has 3 N–H and O–H groups in total. The molecule has 0 aliphatic carbocycles. The van der Waals surface area contributed by atoms with Crippen LogP contribution in [0.25, 0.3) is 10.3 Å². The molecular formula is C24H31ClN6O3S. The lowest BCUT2D eigenvalue weighted by atomic mass is 9.97. The number of carbonyl (C=O) groups is 2. The number of thiazole rings is 1. The Bertz CT molecular complexity index is 1180. The molecule has 2 aliphatic heterocycles. The van der Waals surface area contributed by atoms with Gasteiger partial charge in [0.2, 0.25) is 0 Å². The molecule has 2 aliphatic rings. The van der Waals surface area contributed by atoms with E-state index < -0.39 is 5.97 Å². The van der Waals surface area contributed by atoms with E-state index >= 15 is 0 Å². The molecule has 2 atom stereocenters. The number of amides is 1. The summed E-state index contributed by atoms with van der Waals surface area (Å²) in [5.74, 6) is -1.16. The van der Waals surface area contributed by atoms with Crippen LogP contribution >= 0.6 is 22.9 Å². The van der Waals surface area contributed by atoms with Crippen molar-refractivity contribution < 1.29 is 14.7 Å². The number of aliphatic imine (C=N–C) groups is 1. The molecule has 2 aromatic rings. The summed E-state index contributed by atoms with van der Waals surface area (Å²) >= 11 is 7.54. The number of piperidine rings is 1. The van der Waals surface area contributed by atoms with Crippen LogP contribution in [0.1, 0.15) is 63.2 Å². The van der Waals surface area contributed by atoms with Crippen molar-refractivity contribution in [2.45, 2.75) is 71.0 Å². The van der Waals surface area contributed by atoms with Gasteiger partial charge in [-0.15, -0.1) is 0 Å². The fourth-order valence-corrected chi connectivity index (χ4v) is 5.95. The number of carbonyl (C=O) groups excluding carboxylic acids is 1. The summed E-state index contributed by atoms with van der Waals surface area (Å²) in [5, 5.41) is 17.6. The minimum Gasteiger partial charge on any atom is -0.478 e. The number of anilines is 1. The highest BCUT2D eigenvalue weighted by molar-refractivity contribution is 7.22. The van der Waals surface area contributed by atoms with Gasteiger partial charge in [-0.3, -0.25) is 4.79 Å². The van der Waals surface area contributed by atoms with E-state index in [1.165, 1.54) is 23.6 Å². The number of nitrogens with one attached hydrogen (secondary N) is 2. The van der Waals surface area contributed by atoms with Crippen LogP contribution in [0.2, 0.25) is 0 Å². The smallest absolute Gasteiger partial charge is 0.337 e.